The average molecular weight is 447 g/mol. The molecule has 3 rings (SSSR count). The summed E-state index contributed by atoms with van der Waals surface area (Å²) in [6.07, 6.45) is 2.95. The third-order valence-electron chi connectivity index (χ3n) is 4.66. The fourth-order valence-electron chi connectivity index (χ4n) is 2.89. The Hall–Kier alpha value is -4.12. The molecule has 0 saturated carbocycles. The first kappa shape index (κ1) is 23.5. The van der Waals surface area contributed by atoms with E-state index in [1.165, 1.54) is 10.9 Å². The zero-order valence-electron chi connectivity index (χ0n) is 18.8. The van der Waals surface area contributed by atoms with E-state index in [0.29, 0.717) is 28.1 Å². The topological polar surface area (TPSA) is 103 Å². The van der Waals surface area contributed by atoms with Crippen LogP contribution >= 0.6 is 0 Å². The number of ether oxygens (including phenoxy) is 3. The van der Waals surface area contributed by atoms with Crippen molar-refractivity contribution in [2.75, 3.05) is 19.8 Å². The van der Waals surface area contributed by atoms with E-state index >= 15 is 0 Å². The Bertz CT molecular complexity index is 1160. The summed E-state index contributed by atoms with van der Waals surface area (Å²) in [6, 6.07) is 15.9. The van der Waals surface area contributed by atoms with Crippen LogP contribution in [0.25, 0.3) is 5.69 Å². The molecule has 2 aromatic carbocycles. The third-order valence-corrected chi connectivity index (χ3v) is 4.66. The van der Waals surface area contributed by atoms with Crippen LogP contribution in [-0.2, 0) is 9.47 Å². The summed E-state index contributed by atoms with van der Waals surface area (Å²) < 4.78 is 17.8. The van der Waals surface area contributed by atoms with Crippen LogP contribution in [0.4, 0.5) is 0 Å². The molecular formula is C25H25N3O5. The molecule has 170 valence electrons. The van der Waals surface area contributed by atoms with Gasteiger partial charge in [0, 0.05) is 11.6 Å². The number of rotatable bonds is 9. The number of nitriles is 1. The Balaban J connectivity index is 1.63. The lowest BCUT2D eigenvalue weighted by molar-refractivity contribution is 0.0247. The van der Waals surface area contributed by atoms with Crippen molar-refractivity contribution in [1.29, 1.82) is 5.26 Å². The molecule has 0 atom stereocenters. The number of esters is 2. The summed E-state index contributed by atoms with van der Waals surface area (Å²) in [6.45, 7) is 6.21. The van der Waals surface area contributed by atoms with Gasteiger partial charge in [-0.15, -0.1) is 0 Å². The van der Waals surface area contributed by atoms with Gasteiger partial charge in [-0.3, -0.25) is 0 Å². The second-order valence-corrected chi connectivity index (χ2v) is 8.08. The van der Waals surface area contributed by atoms with Crippen molar-refractivity contribution in [3.63, 3.8) is 0 Å². The van der Waals surface area contributed by atoms with Crippen LogP contribution in [0.2, 0.25) is 0 Å². The fourth-order valence-corrected chi connectivity index (χ4v) is 2.89. The zero-order chi connectivity index (χ0) is 23.8. The number of hydrogen-bond acceptors (Lipinski definition) is 7. The molecule has 0 amide bonds. The lowest BCUT2D eigenvalue weighted by Crippen LogP contribution is -2.28. The smallest absolute Gasteiger partial charge is 0.341 e. The van der Waals surface area contributed by atoms with Crippen molar-refractivity contribution < 1.29 is 23.8 Å². The SMILES string of the molecule is CCOC(=O)c1cnn(-c2ccc(OCC(C)(C)COC(=O)c3ccccc3)c(C#N)c2)c1. The molecule has 1 aromatic heterocycles. The van der Waals surface area contributed by atoms with Crippen molar-refractivity contribution in [2.24, 2.45) is 5.41 Å². The summed E-state index contributed by atoms with van der Waals surface area (Å²) in [5, 5.41) is 13.7. The average Bonchev–Trinajstić information content (AvgIpc) is 3.32. The number of carbonyl (C=O) groups is 2. The van der Waals surface area contributed by atoms with E-state index in [-0.39, 0.29) is 19.8 Å². The molecule has 0 fully saturated rings. The molecule has 0 unspecified atom stereocenters. The highest BCUT2D eigenvalue weighted by Crippen LogP contribution is 2.25. The molecule has 0 saturated heterocycles. The standard InChI is InChI=1S/C25H25N3O5/c1-4-31-24(30)20-14-27-28(15-20)21-10-11-22(19(12-21)13-26)32-16-25(2,3)17-33-23(29)18-8-6-5-7-9-18/h5-12,14-15H,4,16-17H2,1-3H3. The van der Waals surface area contributed by atoms with Gasteiger partial charge in [0.05, 0.1) is 48.4 Å². The summed E-state index contributed by atoms with van der Waals surface area (Å²) in [4.78, 5) is 24.0. The summed E-state index contributed by atoms with van der Waals surface area (Å²) in [5.74, 6) is -0.451. The van der Waals surface area contributed by atoms with Crippen LogP contribution in [-0.4, -0.2) is 41.5 Å². The maximum Gasteiger partial charge on any atom is 0.341 e. The summed E-state index contributed by atoms with van der Waals surface area (Å²) in [5.41, 5.74) is 1.25. The van der Waals surface area contributed by atoms with Gasteiger partial charge in [-0.2, -0.15) is 10.4 Å². The van der Waals surface area contributed by atoms with Crippen molar-refractivity contribution in [2.45, 2.75) is 20.8 Å². The van der Waals surface area contributed by atoms with E-state index in [2.05, 4.69) is 11.2 Å². The first-order valence-electron chi connectivity index (χ1n) is 10.4. The summed E-state index contributed by atoms with van der Waals surface area (Å²) in [7, 11) is 0. The highest BCUT2D eigenvalue weighted by Gasteiger charge is 2.23. The quantitative estimate of drug-likeness (QED) is 0.453. The van der Waals surface area contributed by atoms with Gasteiger partial charge in [0.1, 0.15) is 11.8 Å². The van der Waals surface area contributed by atoms with Gasteiger partial charge in [-0.1, -0.05) is 32.0 Å². The van der Waals surface area contributed by atoms with Crippen LogP contribution in [0.5, 0.6) is 5.75 Å². The largest absolute Gasteiger partial charge is 0.492 e. The summed E-state index contributed by atoms with van der Waals surface area (Å²) >= 11 is 0. The predicted octanol–water partition coefficient (Wildman–Crippen LogP) is 4.18. The Morgan fingerprint density at radius 1 is 1.03 bits per heavy atom. The van der Waals surface area contributed by atoms with E-state index < -0.39 is 17.4 Å². The van der Waals surface area contributed by atoms with Crippen LogP contribution < -0.4 is 4.74 Å². The molecule has 33 heavy (non-hydrogen) atoms. The van der Waals surface area contributed by atoms with Crippen LogP contribution in [0, 0.1) is 16.7 Å². The predicted molar refractivity (Wildman–Crippen MR) is 120 cm³/mol. The first-order valence-corrected chi connectivity index (χ1v) is 10.4. The molecule has 0 N–H and O–H groups in total. The molecule has 0 aliphatic heterocycles. The minimum atomic E-state index is -0.480. The molecule has 0 aliphatic rings. The molecule has 8 heteroatoms. The second-order valence-electron chi connectivity index (χ2n) is 8.08. The van der Waals surface area contributed by atoms with E-state index in [9.17, 15) is 14.9 Å². The Labute approximate surface area is 192 Å². The Morgan fingerprint density at radius 2 is 1.76 bits per heavy atom. The van der Waals surface area contributed by atoms with Gasteiger partial charge in [0.25, 0.3) is 0 Å². The Morgan fingerprint density at radius 3 is 2.45 bits per heavy atom. The molecule has 0 aliphatic carbocycles. The number of aromatic nitrogens is 2. The fraction of sp³-hybridized carbons (Fsp3) is 0.280. The third kappa shape index (κ3) is 6.20. The number of benzene rings is 2. The maximum absolute atomic E-state index is 12.2. The highest BCUT2D eigenvalue weighted by molar-refractivity contribution is 5.89. The molecule has 0 spiro atoms. The van der Waals surface area contributed by atoms with Gasteiger partial charge >= 0.3 is 11.9 Å². The normalized spacial score (nSPS) is 10.8. The Kier molecular flexibility index (Phi) is 7.46. The molecule has 0 radical (unpaired) electrons. The highest BCUT2D eigenvalue weighted by atomic mass is 16.5. The van der Waals surface area contributed by atoms with Crippen molar-refractivity contribution in [1.82, 2.24) is 9.78 Å². The second kappa shape index (κ2) is 10.5. The van der Waals surface area contributed by atoms with Crippen molar-refractivity contribution >= 4 is 11.9 Å². The number of carbonyl (C=O) groups excluding carboxylic acids is 2. The van der Waals surface area contributed by atoms with Gasteiger partial charge < -0.3 is 14.2 Å². The maximum atomic E-state index is 12.2. The molecular weight excluding hydrogens is 422 g/mol. The molecule has 3 aromatic rings. The van der Waals surface area contributed by atoms with E-state index in [0.717, 1.165) is 0 Å². The zero-order valence-corrected chi connectivity index (χ0v) is 18.8. The van der Waals surface area contributed by atoms with Crippen molar-refractivity contribution in [3.05, 3.63) is 77.6 Å². The number of hydrogen-bond donors (Lipinski definition) is 0. The van der Waals surface area contributed by atoms with Gasteiger partial charge in [-0.25, -0.2) is 14.3 Å². The molecule has 0 bridgehead atoms. The lowest BCUT2D eigenvalue weighted by Gasteiger charge is -2.24. The lowest BCUT2D eigenvalue weighted by atomic mass is 9.96. The van der Waals surface area contributed by atoms with Gasteiger partial charge in [0.15, 0.2) is 0 Å². The van der Waals surface area contributed by atoms with E-state index in [1.54, 1.807) is 55.6 Å². The molecule has 1 heterocycles. The minimum Gasteiger partial charge on any atom is -0.492 e. The van der Waals surface area contributed by atoms with E-state index in [1.807, 2.05) is 19.9 Å². The van der Waals surface area contributed by atoms with Gasteiger partial charge in [-0.05, 0) is 37.3 Å². The van der Waals surface area contributed by atoms with Crippen LogP contribution in [0.1, 0.15) is 47.1 Å². The monoisotopic (exact) mass is 447 g/mol. The first-order chi connectivity index (χ1) is 15.8. The van der Waals surface area contributed by atoms with Crippen LogP contribution in [0.3, 0.4) is 0 Å². The number of nitrogens with zero attached hydrogens (tertiary/aromatic N) is 3. The molecule has 8 nitrogen and oxygen atoms in total. The van der Waals surface area contributed by atoms with Gasteiger partial charge in [0.2, 0.25) is 0 Å². The van der Waals surface area contributed by atoms with Crippen LogP contribution in [0.15, 0.2) is 60.9 Å². The van der Waals surface area contributed by atoms with E-state index in [4.69, 9.17) is 14.2 Å². The van der Waals surface area contributed by atoms with Crippen molar-refractivity contribution in [3.8, 4) is 17.5 Å². The minimum absolute atomic E-state index is 0.157.